The first-order chi connectivity index (χ1) is 5.74. The molecule has 5 heteroatoms. The highest BCUT2D eigenvalue weighted by Crippen LogP contribution is 2.11. The van der Waals surface area contributed by atoms with Gasteiger partial charge >= 0.3 is 0 Å². The topological polar surface area (TPSA) is 81.5 Å². The zero-order valence-electron chi connectivity index (χ0n) is 6.18. The number of rotatable bonds is 2. The summed E-state index contributed by atoms with van der Waals surface area (Å²) in [5.41, 5.74) is 0.652. The van der Waals surface area contributed by atoms with E-state index in [1.165, 1.54) is 18.3 Å². The fraction of sp³-hybridized carbons (Fsp3) is 0. The highest BCUT2D eigenvalue weighted by atomic mass is 16.6. The molecule has 0 spiro atoms. The lowest BCUT2D eigenvalue weighted by molar-refractivity contribution is -0.384. The monoisotopic (exact) mass is 165 g/mol. The molecule has 2 N–H and O–H groups in total. The van der Waals surface area contributed by atoms with Gasteiger partial charge in [-0.1, -0.05) is 12.1 Å². The first-order valence-corrected chi connectivity index (χ1v) is 3.22. The Bertz CT molecular complexity index is 322. The summed E-state index contributed by atoms with van der Waals surface area (Å²) in [4.78, 5) is 9.82. The largest absolute Gasteiger partial charge is 0.323 e. The molecule has 1 rings (SSSR count). The minimum absolute atomic E-state index is 0.0346. The highest BCUT2D eigenvalue weighted by Gasteiger charge is 2.03. The summed E-state index contributed by atoms with van der Waals surface area (Å²) in [6.45, 7) is 0. The summed E-state index contributed by atoms with van der Waals surface area (Å²) >= 11 is 0. The summed E-state index contributed by atoms with van der Waals surface area (Å²) in [5.74, 6) is 4.89. The highest BCUT2D eigenvalue weighted by molar-refractivity contribution is 5.80. The maximum atomic E-state index is 10.3. The second-order valence-corrected chi connectivity index (χ2v) is 2.13. The number of hydrogen-bond acceptors (Lipinski definition) is 4. The normalized spacial score (nSPS) is 10.3. The third-order valence-corrected chi connectivity index (χ3v) is 1.30. The molecule has 0 aliphatic carbocycles. The molecule has 0 radical (unpaired) electrons. The second kappa shape index (κ2) is 3.47. The second-order valence-electron chi connectivity index (χ2n) is 2.13. The summed E-state index contributed by atoms with van der Waals surface area (Å²) in [7, 11) is 0. The van der Waals surface area contributed by atoms with Gasteiger partial charge < -0.3 is 5.84 Å². The molecule has 12 heavy (non-hydrogen) atoms. The lowest BCUT2D eigenvalue weighted by atomic mass is 10.2. The van der Waals surface area contributed by atoms with E-state index in [2.05, 4.69) is 5.10 Å². The van der Waals surface area contributed by atoms with Crippen LogP contribution in [-0.4, -0.2) is 11.1 Å². The van der Waals surface area contributed by atoms with Crippen molar-refractivity contribution in [2.75, 3.05) is 0 Å². The first kappa shape index (κ1) is 8.19. The fourth-order valence-electron chi connectivity index (χ4n) is 0.805. The van der Waals surface area contributed by atoms with Crippen molar-refractivity contribution in [2.24, 2.45) is 10.9 Å². The van der Waals surface area contributed by atoms with Crippen LogP contribution in [0.2, 0.25) is 0 Å². The van der Waals surface area contributed by atoms with Crippen LogP contribution in [0.1, 0.15) is 5.56 Å². The van der Waals surface area contributed by atoms with E-state index in [1.807, 2.05) is 0 Å². The lowest BCUT2D eigenvalue weighted by Crippen LogP contribution is -1.90. The molecule has 0 aromatic heterocycles. The van der Waals surface area contributed by atoms with Gasteiger partial charge in [0.2, 0.25) is 0 Å². The molecule has 0 fully saturated rings. The van der Waals surface area contributed by atoms with Crippen LogP contribution in [0.4, 0.5) is 5.69 Å². The van der Waals surface area contributed by atoms with E-state index in [4.69, 9.17) is 5.84 Å². The van der Waals surface area contributed by atoms with Crippen LogP contribution < -0.4 is 5.84 Å². The zero-order chi connectivity index (χ0) is 8.97. The van der Waals surface area contributed by atoms with Crippen LogP contribution in [0, 0.1) is 10.1 Å². The molecule has 1 aromatic carbocycles. The van der Waals surface area contributed by atoms with Gasteiger partial charge in [-0.05, 0) is 0 Å². The smallest absolute Gasteiger partial charge is 0.270 e. The first-order valence-electron chi connectivity index (χ1n) is 3.22. The maximum Gasteiger partial charge on any atom is 0.270 e. The van der Waals surface area contributed by atoms with E-state index in [0.29, 0.717) is 5.56 Å². The molecule has 62 valence electrons. The van der Waals surface area contributed by atoms with E-state index in [1.54, 1.807) is 12.1 Å². The van der Waals surface area contributed by atoms with Crippen molar-refractivity contribution in [3.8, 4) is 0 Å². The van der Waals surface area contributed by atoms with Crippen LogP contribution in [0.3, 0.4) is 0 Å². The van der Waals surface area contributed by atoms with Gasteiger partial charge in [-0.3, -0.25) is 10.1 Å². The van der Waals surface area contributed by atoms with Crippen molar-refractivity contribution in [1.29, 1.82) is 0 Å². The predicted octanol–water partition coefficient (Wildman–Crippen LogP) is 0.887. The summed E-state index contributed by atoms with van der Waals surface area (Å²) in [6.07, 6.45) is 1.35. The van der Waals surface area contributed by atoms with Crippen molar-refractivity contribution in [2.45, 2.75) is 0 Å². The Morgan fingerprint density at radius 2 is 2.33 bits per heavy atom. The minimum Gasteiger partial charge on any atom is -0.323 e. The minimum atomic E-state index is -0.464. The standard InChI is InChI=1S/C7H7N3O2/c8-9-5-6-2-1-3-7(4-6)10(11)12/h1-5H,8H2/b9-5-. The van der Waals surface area contributed by atoms with Crippen LogP contribution in [0.5, 0.6) is 0 Å². The van der Waals surface area contributed by atoms with Gasteiger partial charge in [0.1, 0.15) is 0 Å². The SMILES string of the molecule is N/N=C\c1cccc([N+](=O)[O-])c1. The van der Waals surface area contributed by atoms with Gasteiger partial charge in [0.05, 0.1) is 11.1 Å². The van der Waals surface area contributed by atoms with E-state index >= 15 is 0 Å². The van der Waals surface area contributed by atoms with Gasteiger partial charge in [-0.25, -0.2) is 0 Å². The van der Waals surface area contributed by atoms with Crippen molar-refractivity contribution in [3.63, 3.8) is 0 Å². The Balaban J connectivity index is 3.03. The van der Waals surface area contributed by atoms with Gasteiger partial charge in [0.15, 0.2) is 0 Å². The summed E-state index contributed by atoms with van der Waals surface area (Å²) < 4.78 is 0. The summed E-state index contributed by atoms with van der Waals surface area (Å²) in [5, 5.41) is 13.5. The number of nitro groups is 1. The molecule has 0 saturated heterocycles. The molecule has 0 saturated carbocycles. The van der Waals surface area contributed by atoms with Crippen LogP contribution in [0.25, 0.3) is 0 Å². The van der Waals surface area contributed by atoms with E-state index in [9.17, 15) is 10.1 Å². The predicted molar refractivity (Wildman–Crippen MR) is 44.9 cm³/mol. The van der Waals surface area contributed by atoms with Gasteiger partial charge in [0.25, 0.3) is 5.69 Å². The number of benzene rings is 1. The van der Waals surface area contributed by atoms with Crippen LogP contribution in [-0.2, 0) is 0 Å². The number of nitrogens with two attached hydrogens (primary N) is 1. The average Bonchev–Trinajstić information content (AvgIpc) is 2.05. The van der Waals surface area contributed by atoms with Crippen molar-refractivity contribution in [3.05, 3.63) is 39.9 Å². The van der Waals surface area contributed by atoms with Gasteiger partial charge in [0, 0.05) is 17.7 Å². The lowest BCUT2D eigenvalue weighted by Gasteiger charge is -1.91. The molecule has 1 aromatic rings. The van der Waals surface area contributed by atoms with E-state index < -0.39 is 4.92 Å². The van der Waals surface area contributed by atoms with Crippen LogP contribution in [0.15, 0.2) is 29.4 Å². The molecular formula is C7H7N3O2. The van der Waals surface area contributed by atoms with Gasteiger partial charge in [-0.15, -0.1) is 0 Å². The number of hydrazone groups is 1. The Hall–Kier alpha value is -1.91. The van der Waals surface area contributed by atoms with Crippen molar-refractivity contribution < 1.29 is 4.92 Å². The van der Waals surface area contributed by atoms with Crippen molar-refractivity contribution in [1.82, 2.24) is 0 Å². The molecule has 0 amide bonds. The molecule has 5 nitrogen and oxygen atoms in total. The number of hydrogen-bond donors (Lipinski definition) is 1. The van der Waals surface area contributed by atoms with E-state index in [-0.39, 0.29) is 5.69 Å². The molecule has 0 atom stereocenters. The Labute approximate surface area is 68.7 Å². The number of nitrogens with zero attached hydrogens (tertiary/aromatic N) is 2. The van der Waals surface area contributed by atoms with Crippen molar-refractivity contribution >= 4 is 11.9 Å². The Morgan fingerprint density at radius 1 is 1.58 bits per heavy atom. The Morgan fingerprint density at radius 3 is 2.92 bits per heavy atom. The summed E-state index contributed by atoms with van der Waals surface area (Å²) in [6, 6.07) is 6.07. The Kier molecular flexibility index (Phi) is 2.37. The van der Waals surface area contributed by atoms with Crippen LogP contribution >= 0.6 is 0 Å². The number of non-ortho nitro benzene ring substituents is 1. The maximum absolute atomic E-state index is 10.3. The molecular weight excluding hydrogens is 158 g/mol. The molecule has 0 aliphatic heterocycles. The third-order valence-electron chi connectivity index (χ3n) is 1.30. The molecule has 0 aliphatic rings. The molecule has 0 unspecified atom stereocenters. The average molecular weight is 165 g/mol. The van der Waals surface area contributed by atoms with E-state index in [0.717, 1.165) is 0 Å². The third kappa shape index (κ3) is 1.79. The number of nitro benzene ring substituents is 1. The quantitative estimate of drug-likeness (QED) is 0.305. The van der Waals surface area contributed by atoms with Gasteiger partial charge in [-0.2, -0.15) is 5.10 Å². The fourth-order valence-corrected chi connectivity index (χ4v) is 0.805. The molecule has 0 heterocycles. The zero-order valence-corrected chi connectivity index (χ0v) is 6.18. The molecule has 0 bridgehead atoms.